The maximum Gasteiger partial charge on any atom is 0.331 e. The Balaban J connectivity index is 0.00000289. The molecule has 1 N–H and O–H groups in total. The number of nitrogens with zero attached hydrogens (tertiary/aromatic N) is 1. The van der Waals surface area contributed by atoms with Crippen molar-refractivity contribution in [3.8, 4) is 0 Å². The summed E-state index contributed by atoms with van der Waals surface area (Å²) in [6, 6.07) is 0. The maximum atomic E-state index is 11.0. The van der Waals surface area contributed by atoms with Crippen LogP contribution in [-0.4, -0.2) is 60.8 Å². The van der Waals surface area contributed by atoms with Gasteiger partial charge in [0.2, 0.25) is 0 Å². The Morgan fingerprint density at radius 2 is 2.17 bits per heavy atom. The average Bonchev–Trinajstić information content (AvgIpc) is 2.26. The molecule has 0 bridgehead atoms. The van der Waals surface area contributed by atoms with E-state index in [4.69, 9.17) is 14.6 Å². The number of morpholine rings is 1. The molecule has 0 amide bonds. The fraction of sp³-hybridized carbons (Fsp3) is 0.500. The van der Waals surface area contributed by atoms with Crippen LogP contribution >= 0.6 is 12.4 Å². The molecule has 0 aromatic rings. The molecule has 0 atom stereocenters. The van der Waals surface area contributed by atoms with Crippen LogP contribution in [0.15, 0.2) is 12.2 Å². The number of rotatable bonds is 5. The summed E-state index contributed by atoms with van der Waals surface area (Å²) in [7, 11) is 0. The van der Waals surface area contributed by atoms with Crippen LogP contribution in [0.4, 0.5) is 0 Å². The van der Waals surface area contributed by atoms with E-state index in [0.717, 1.165) is 6.08 Å². The van der Waals surface area contributed by atoms with Crippen molar-refractivity contribution in [2.45, 2.75) is 0 Å². The highest BCUT2D eigenvalue weighted by Crippen LogP contribution is 1.97. The van der Waals surface area contributed by atoms with Crippen molar-refractivity contribution in [1.29, 1.82) is 0 Å². The van der Waals surface area contributed by atoms with Gasteiger partial charge in [-0.15, -0.1) is 12.4 Å². The highest BCUT2D eigenvalue weighted by molar-refractivity contribution is 5.90. The molecule has 0 aliphatic carbocycles. The molecule has 0 unspecified atom stereocenters. The maximum absolute atomic E-state index is 11.0. The van der Waals surface area contributed by atoms with E-state index in [-0.39, 0.29) is 31.5 Å². The van der Waals surface area contributed by atoms with Gasteiger partial charge in [0.05, 0.1) is 6.54 Å². The molecule has 0 saturated carbocycles. The molecule has 0 aromatic carbocycles. The molecule has 7 nitrogen and oxygen atoms in total. The quantitative estimate of drug-likeness (QED) is 0.533. The number of cyclic esters (lactones) is 1. The van der Waals surface area contributed by atoms with E-state index in [1.165, 1.54) is 0 Å². The fourth-order valence-corrected chi connectivity index (χ4v) is 1.25. The summed E-state index contributed by atoms with van der Waals surface area (Å²) < 4.78 is 9.48. The minimum Gasteiger partial charge on any atom is -0.478 e. The standard InChI is InChI=1S/C10H13NO6.ClH/c12-8(13)1-2-9(14)16-5-3-11-4-6-17-10(15)7-11;/h1-2H,3-7H2,(H,12,13);1H/b2-1+;. The summed E-state index contributed by atoms with van der Waals surface area (Å²) in [5.41, 5.74) is 0. The molecular weight excluding hydrogens is 266 g/mol. The van der Waals surface area contributed by atoms with Crippen LogP contribution in [0.25, 0.3) is 0 Å². The monoisotopic (exact) mass is 279 g/mol. The molecule has 1 fully saturated rings. The third kappa shape index (κ3) is 6.87. The van der Waals surface area contributed by atoms with E-state index in [1.54, 1.807) is 4.90 Å². The Morgan fingerprint density at radius 3 is 2.78 bits per heavy atom. The van der Waals surface area contributed by atoms with Gasteiger partial charge >= 0.3 is 17.9 Å². The second-order valence-corrected chi connectivity index (χ2v) is 3.34. The van der Waals surface area contributed by atoms with Crippen LogP contribution in [0.1, 0.15) is 0 Å². The first-order valence-corrected chi connectivity index (χ1v) is 5.03. The minimum absolute atomic E-state index is 0. The van der Waals surface area contributed by atoms with Gasteiger partial charge in [0.25, 0.3) is 0 Å². The predicted molar refractivity (Wildman–Crippen MR) is 62.4 cm³/mol. The van der Waals surface area contributed by atoms with E-state index < -0.39 is 11.9 Å². The minimum atomic E-state index is -1.21. The number of aliphatic carboxylic acids is 1. The number of carbonyl (C=O) groups is 3. The molecule has 0 spiro atoms. The predicted octanol–water partition coefficient (Wildman–Crippen LogP) is -0.549. The summed E-state index contributed by atoms with van der Waals surface area (Å²) in [6.45, 7) is 1.65. The van der Waals surface area contributed by atoms with E-state index in [0.29, 0.717) is 25.8 Å². The fourth-order valence-electron chi connectivity index (χ4n) is 1.25. The summed E-state index contributed by atoms with van der Waals surface area (Å²) in [6.07, 6.45) is 1.55. The number of hydrogen-bond donors (Lipinski definition) is 1. The zero-order valence-electron chi connectivity index (χ0n) is 9.53. The number of hydrogen-bond acceptors (Lipinski definition) is 6. The van der Waals surface area contributed by atoms with Crippen molar-refractivity contribution in [1.82, 2.24) is 4.90 Å². The number of carbonyl (C=O) groups excluding carboxylic acids is 2. The zero-order chi connectivity index (χ0) is 12.7. The topological polar surface area (TPSA) is 93.1 Å². The first-order valence-electron chi connectivity index (χ1n) is 5.03. The van der Waals surface area contributed by atoms with E-state index in [9.17, 15) is 14.4 Å². The number of ether oxygens (including phenoxy) is 2. The normalized spacial score (nSPS) is 15.9. The Kier molecular flexibility index (Phi) is 7.73. The Morgan fingerprint density at radius 1 is 1.44 bits per heavy atom. The van der Waals surface area contributed by atoms with Gasteiger partial charge in [-0.05, 0) is 0 Å². The first-order chi connectivity index (χ1) is 8.08. The molecule has 0 radical (unpaired) electrons. The summed E-state index contributed by atoms with van der Waals surface area (Å²) in [5, 5.41) is 8.27. The second kappa shape index (κ2) is 8.48. The molecule has 1 saturated heterocycles. The molecule has 1 heterocycles. The Bertz CT molecular complexity index is 343. The lowest BCUT2D eigenvalue weighted by atomic mass is 10.4. The van der Waals surface area contributed by atoms with Crippen LogP contribution < -0.4 is 0 Å². The zero-order valence-corrected chi connectivity index (χ0v) is 10.4. The van der Waals surface area contributed by atoms with Gasteiger partial charge in [-0.1, -0.05) is 0 Å². The Hall–Kier alpha value is -1.60. The molecule has 102 valence electrons. The largest absolute Gasteiger partial charge is 0.478 e. The van der Waals surface area contributed by atoms with Crippen LogP contribution in [0.3, 0.4) is 0 Å². The van der Waals surface area contributed by atoms with Crippen molar-refractivity contribution in [3.05, 3.63) is 12.2 Å². The number of esters is 2. The van der Waals surface area contributed by atoms with Gasteiger partial charge < -0.3 is 14.6 Å². The van der Waals surface area contributed by atoms with Crippen LogP contribution in [0.2, 0.25) is 0 Å². The van der Waals surface area contributed by atoms with E-state index in [1.807, 2.05) is 0 Å². The lowest BCUT2D eigenvalue weighted by Gasteiger charge is -2.24. The molecule has 0 aromatic heterocycles. The van der Waals surface area contributed by atoms with E-state index in [2.05, 4.69) is 0 Å². The molecule has 1 aliphatic heterocycles. The smallest absolute Gasteiger partial charge is 0.331 e. The number of carboxylic acids is 1. The van der Waals surface area contributed by atoms with Gasteiger partial charge in [0.15, 0.2) is 0 Å². The third-order valence-electron chi connectivity index (χ3n) is 2.04. The highest BCUT2D eigenvalue weighted by atomic mass is 35.5. The van der Waals surface area contributed by atoms with Crippen molar-refractivity contribution >= 4 is 30.3 Å². The molecule has 8 heteroatoms. The molecule has 1 aliphatic rings. The van der Waals surface area contributed by atoms with Crippen molar-refractivity contribution in [2.24, 2.45) is 0 Å². The van der Waals surface area contributed by atoms with Crippen LogP contribution in [0.5, 0.6) is 0 Å². The second-order valence-electron chi connectivity index (χ2n) is 3.34. The molecule has 18 heavy (non-hydrogen) atoms. The molecule has 1 rings (SSSR count). The lowest BCUT2D eigenvalue weighted by Crippen LogP contribution is -2.41. The molecular formula is C10H14ClNO6. The van der Waals surface area contributed by atoms with Crippen molar-refractivity contribution in [3.63, 3.8) is 0 Å². The highest BCUT2D eigenvalue weighted by Gasteiger charge is 2.17. The van der Waals surface area contributed by atoms with Crippen molar-refractivity contribution in [2.75, 3.05) is 32.8 Å². The van der Waals surface area contributed by atoms with Crippen LogP contribution in [0, 0.1) is 0 Å². The van der Waals surface area contributed by atoms with Gasteiger partial charge in [0, 0.05) is 25.2 Å². The van der Waals surface area contributed by atoms with Crippen LogP contribution in [-0.2, 0) is 23.9 Å². The van der Waals surface area contributed by atoms with Gasteiger partial charge in [0.1, 0.15) is 13.2 Å². The van der Waals surface area contributed by atoms with E-state index >= 15 is 0 Å². The SMILES string of the molecule is Cl.O=C(O)/C=C/C(=O)OCCN1CCOC(=O)C1. The number of carboxylic acid groups (broad SMARTS) is 1. The first kappa shape index (κ1) is 16.4. The van der Waals surface area contributed by atoms with Gasteiger partial charge in [-0.25, -0.2) is 9.59 Å². The summed E-state index contributed by atoms with van der Waals surface area (Å²) >= 11 is 0. The number of halogens is 1. The summed E-state index contributed by atoms with van der Waals surface area (Å²) in [5.74, 6) is -2.22. The average molecular weight is 280 g/mol. The summed E-state index contributed by atoms with van der Waals surface area (Å²) in [4.78, 5) is 33.8. The Labute approximate surface area is 110 Å². The lowest BCUT2D eigenvalue weighted by molar-refractivity contribution is -0.151. The van der Waals surface area contributed by atoms with Gasteiger partial charge in [-0.2, -0.15) is 0 Å². The third-order valence-corrected chi connectivity index (χ3v) is 2.04. The van der Waals surface area contributed by atoms with Gasteiger partial charge in [-0.3, -0.25) is 9.69 Å². The van der Waals surface area contributed by atoms with Crippen molar-refractivity contribution < 1.29 is 29.0 Å².